The number of carbonyl (C=O) groups is 1. The number of amides is 1. The highest BCUT2D eigenvalue weighted by atomic mass is 16.5. The van der Waals surface area contributed by atoms with Gasteiger partial charge >= 0.3 is 0 Å². The van der Waals surface area contributed by atoms with Gasteiger partial charge in [0.25, 0.3) is 5.91 Å². The molecular formula is C21H28N2O3. The Labute approximate surface area is 155 Å². The van der Waals surface area contributed by atoms with Crippen molar-refractivity contribution in [3.63, 3.8) is 0 Å². The molecule has 2 aromatic rings. The molecule has 2 rings (SSSR count). The van der Waals surface area contributed by atoms with Crippen molar-refractivity contribution < 1.29 is 14.6 Å². The molecule has 0 aromatic heterocycles. The van der Waals surface area contributed by atoms with Gasteiger partial charge < -0.3 is 20.5 Å². The van der Waals surface area contributed by atoms with Crippen LogP contribution in [0.2, 0.25) is 0 Å². The Morgan fingerprint density at radius 2 is 1.88 bits per heavy atom. The fourth-order valence-corrected chi connectivity index (χ4v) is 2.50. The van der Waals surface area contributed by atoms with Crippen LogP contribution in [0.25, 0.3) is 0 Å². The summed E-state index contributed by atoms with van der Waals surface area (Å²) in [4.78, 5) is 12.0. The monoisotopic (exact) mass is 356 g/mol. The second-order valence-corrected chi connectivity index (χ2v) is 6.31. The zero-order chi connectivity index (χ0) is 18.6. The van der Waals surface area contributed by atoms with E-state index in [1.54, 1.807) is 0 Å². The van der Waals surface area contributed by atoms with E-state index in [9.17, 15) is 4.79 Å². The van der Waals surface area contributed by atoms with Crippen molar-refractivity contribution >= 4 is 11.6 Å². The van der Waals surface area contributed by atoms with E-state index < -0.39 is 0 Å². The summed E-state index contributed by atoms with van der Waals surface area (Å²) in [7, 11) is 0. The van der Waals surface area contributed by atoms with Crippen LogP contribution in [0.3, 0.4) is 0 Å². The molecule has 0 unspecified atom stereocenters. The van der Waals surface area contributed by atoms with Crippen LogP contribution in [-0.4, -0.2) is 30.8 Å². The SMILES string of the molecule is Cc1ccc(NC(=O)COc2cccc(CNCCCCCO)c2)cc1. The van der Waals surface area contributed by atoms with Gasteiger partial charge in [0.1, 0.15) is 5.75 Å². The summed E-state index contributed by atoms with van der Waals surface area (Å²) >= 11 is 0. The lowest BCUT2D eigenvalue weighted by molar-refractivity contribution is -0.118. The molecule has 0 heterocycles. The second-order valence-electron chi connectivity index (χ2n) is 6.31. The number of hydrogen-bond acceptors (Lipinski definition) is 4. The Morgan fingerprint density at radius 1 is 1.08 bits per heavy atom. The van der Waals surface area contributed by atoms with Gasteiger partial charge in [-0.15, -0.1) is 0 Å². The third-order valence-electron chi connectivity index (χ3n) is 3.94. The molecule has 0 bridgehead atoms. The van der Waals surface area contributed by atoms with E-state index in [2.05, 4.69) is 10.6 Å². The molecule has 0 radical (unpaired) electrons. The van der Waals surface area contributed by atoms with Gasteiger partial charge in [-0.3, -0.25) is 4.79 Å². The highest BCUT2D eigenvalue weighted by Crippen LogP contribution is 2.14. The number of aliphatic hydroxyl groups excluding tert-OH is 1. The summed E-state index contributed by atoms with van der Waals surface area (Å²) in [5.41, 5.74) is 3.03. The minimum absolute atomic E-state index is 0.0219. The van der Waals surface area contributed by atoms with Gasteiger partial charge in [-0.25, -0.2) is 0 Å². The van der Waals surface area contributed by atoms with Gasteiger partial charge in [0.2, 0.25) is 0 Å². The molecule has 0 saturated carbocycles. The van der Waals surface area contributed by atoms with Gasteiger partial charge in [0.15, 0.2) is 6.61 Å². The van der Waals surface area contributed by atoms with Crippen molar-refractivity contribution in [2.75, 3.05) is 25.1 Å². The average molecular weight is 356 g/mol. The van der Waals surface area contributed by atoms with Gasteiger partial charge in [-0.2, -0.15) is 0 Å². The van der Waals surface area contributed by atoms with Crippen LogP contribution in [0.15, 0.2) is 48.5 Å². The Bertz CT molecular complexity index is 671. The number of anilines is 1. The van der Waals surface area contributed by atoms with E-state index in [1.807, 2.05) is 55.5 Å². The lowest BCUT2D eigenvalue weighted by atomic mass is 10.2. The topological polar surface area (TPSA) is 70.6 Å². The van der Waals surface area contributed by atoms with E-state index in [0.29, 0.717) is 5.75 Å². The minimum Gasteiger partial charge on any atom is -0.484 e. The molecule has 3 N–H and O–H groups in total. The molecule has 2 aromatic carbocycles. The first-order chi connectivity index (χ1) is 12.7. The van der Waals surface area contributed by atoms with Crippen LogP contribution >= 0.6 is 0 Å². The van der Waals surface area contributed by atoms with Crippen molar-refractivity contribution in [1.82, 2.24) is 5.32 Å². The van der Waals surface area contributed by atoms with Gasteiger partial charge in [-0.05, 0) is 62.6 Å². The number of benzene rings is 2. The van der Waals surface area contributed by atoms with Crippen molar-refractivity contribution in [2.45, 2.75) is 32.7 Å². The number of aliphatic hydroxyl groups is 1. The molecule has 0 fully saturated rings. The molecule has 1 amide bonds. The van der Waals surface area contributed by atoms with Gasteiger partial charge in [-0.1, -0.05) is 29.8 Å². The van der Waals surface area contributed by atoms with Crippen molar-refractivity contribution in [2.24, 2.45) is 0 Å². The largest absolute Gasteiger partial charge is 0.484 e. The van der Waals surface area contributed by atoms with E-state index in [4.69, 9.17) is 9.84 Å². The van der Waals surface area contributed by atoms with Crippen molar-refractivity contribution in [1.29, 1.82) is 0 Å². The molecule has 140 valence electrons. The van der Waals surface area contributed by atoms with Crippen LogP contribution in [0.5, 0.6) is 5.75 Å². The maximum Gasteiger partial charge on any atom is 0.262 e. The first kappa shape index (κ1) is 19.9. The van der Waals surface area contributed by atoms with Crippen molar-refractivity contribution in [3.8, 4) is 5.75 Å². The Morgan fingerprint density at radius 3 is 2.65 bits per heavy atom. The van der Waals surface area contributed by atoms with Crippen LogP contribution < -0.4 is 15.4 Å². The minimum atomic E-state index is -0.179. The maximum absolute atomic E-state index is 12.0. The smallest absolute Gasteiger partial charge is 0.262 e. The number of rotatable bonds is 11. The van der Waals surface area contributed by atoms with E-state index in [1.165, 1.54) is 0 Å². The average Bonchev–Trinajstić information content (AvgIpc) is 2.65. The molecule has 26 heavy (non-hydrogen) atoms. The third-order valence-corrected chi connectivity index (χ3v) is 3.94. The normalized spacial score (nSPS) is 10.5. The molecule has 0 aliphatic rings. The number of nitrogens with one attached hydrogen (secondary N) is 2. The zero-order valence-electron chi connectivity index (χ0n) is 15.3. The predicted molar refractivity (Wildman–Crippen MR) is 104 cm³/mol. The van der Waals surface area contributed by atoms with Gasteiger partial charge in [0, 0.05) is 18.8 Å². The molecule has 0 aliphatic heterocycles. The number of unbranched alkanes of at least 4 members (excludes halogenated alkanes) is 2. The summed E-state index contributed by atoms with van der Waals surface area (Å²) in [6.45, 7) is 3.92. The Hall–Kier alpha value is -2.37. The zero-order valence-corrected chi connectivity index (χ0v) is 15.3. The number of carbonyl (C=O) groups excluding carboxylic acids is 1. The van der Waals surface area contributed by atoms with Crippen LogP contribution in [0.1, 0.15) is 30.4 Å². The van der Waals surface area contributed by atoms with E-state index in [-0.39, 0.29) is 19.1 Å². The molecular weight excluding hydrogens is 328 g/mol. The molecule has 5 nitrogen and oxygen atoms in total. The highest BCUT2D eigenvalue weighted by Gasteiger charge is 2.04. The molecule has 0 saturated heterocycles. The predicted octanol–water partition coefficient (Wildman–Crippen LogP) is 3.26. The summed E-state index contributed by atoms with van der Waals surface area (Å²) < 4.78 is 5.60. The summed E-state index contributed by atoms with van der Waals surface area (Å²) in [5, 5.41) is 14.9. The van der Waals surface area contributed by atoms with Crippen LogP contribution in [0.4, 0.5) is 5.69 Å². The first-order valence-electron chi connectivity index (χ1n) is 9.07. The summed E-state index contributed by atoms with van der Waals surface area (Å²) in [6.07, 6.45) is 2.94. The maximum atomic E-state index is 12.0. The third kappa shape index (κ3) is 7.68. The molecule has 5 heteroatoms. The summed E-state index contributed by atoms with van der Waals surface area (Å²) in [5.74, 6) is 0.505. The number of ether oxygens (including phenoxy) is 1. The van der Waals surface area contributed by atoms with Crippen molar-refractivity contribution in [3.05, 3.63) is 59.7 Å². The quantitative estimate of drug-likeness (QED) is 0.541. The molecule has 0 atom stereocenters. The number of hydrogen-bond donors (Lipinski definition) is 3. The fraction of sp³-hybridized carbons (Fsp3) is 0.381. The Kier molecular flexibility index (Phi) is 8.66. The standard InChI is InChI=1S/C21H28N2O3/c1-17-8-10-19(11-9-17)23-21(25)16-26-20-7-5-6-18(14-20)15-22-12-3-2-4-13-24/h5-11,14,22,24H,2-4,12-13,15-16H2,1H3,(H,23,25). The summed E-state index contributed by atoms with van der Waals surface area (Å²) in [6, 6.07) is 15.4. The fourth-order valence-electron chi connectivity index (χ4n) is 2.50. The van der Waals surface area contributed by atoms with Gasteiger partial charge in [0.05, 0.1) is 0 Å². The lowest BCUT2D eigenvalue weighted by Gasteiger charge is -2.10. The van der Waals surface area contributed by atoms with Crippen LogP contribution in [-0.2, 0) is 11.3 Å². The second kappa shape index (κ2) is 11.3. The molecule has 0 spiro atoms. The molecule has 0 aliphatic carbocycles. The first-order valence-corrected chi connectivity index (χ1v) is 9.07. The lowest BCUT2D eigenvalue weighted by Crippen LogP contribution is -2.20. The highest BCUT2D eigenvalue weighted by molar-refractivity contribution is 5.91. The van der Waals surface area contributed by atoms with E-state index >= 15 is 0 Å². The van der Waals surface area contributed by atoms with E-state index in [0.717, 1.165) is 49.2 Å². The number of aryl methyl sites for hydroxylation is 1. The Balaban J connectivity index is 1.71. The van der Waals surface area contributed by atoms with Crippen LogP contribution in [0, 0.1) is 6.92 Å².